The number of nitriles is 1. The minimum absolute atomic E-state index is 0.00667. The van der Waals surface area contributed by atoms with Gasteiger partial charge < -0.3 is 10.1 Å². The highest BCUT2D eigenvalue weighted by Gasteiger charge is 2.27. The van der Waals surface area contributed by atoms with E-state index in [9.17, 15) is 14.9 Å². The third kappa shape index (κ3) is 4.72. The Morgan fingerprint density at radius 2 is 2.22 bits per heavy atom. The molecule has 1 aliphatic heterocycles. The van der Waals surface area contributed by atoms with Gasteiger partial charge in [-0.25, -0.2) is 0 Å². The van der Waals surface area contributed by atoms with E-state index in [2.05, 4.69) is 10.3 Å². The first-order chi connectivity index (χ1) is 15.4. The van der Waals surface area contributed by atoms with Crippen LogP contribution in [0.4, 0.5) is 0 Å². The number of amides is 1. The van der Waals surface area contributed by atoms with Gasteiger partial charge in [-0.2, -0.15) is 5.26 Å². The number of fused-ring (bicyclic) bond motifs is 1. The fraction of sp³-hybridized carbons (Fsp3) is 0.167. The Bertz CT molecular complexity index is 1260. The number of carbonyl (C=O) groups is 2. The van der Waals surface area contributed by atoms with Crippen molar-refractivity contribution in [1.29, 1.82) is 5.26 Å². The lowest BCUT2D eigenvalue weighted by Crippen LogP contribution is -2.35. The quantitative estimate of drug-likeness (QED) is 0.325. The van der Waals surface area contributed by atoms with Crippen molar-refractivity contribution >= 4 is 40.7 Å². The fourth-order valence-corrected chi connectivity index (χ4v) is 4.58. The van der Waals surface area contributed by atoms with Crippen LogP contribution in [0.1, 0.15) is 27.7 Å². The van der Waals surface area contributed by atoms with Gasteiger partial charge in [0.25, 0.3) is 5.91 Å². The van der Waals surface area contributed by atoms with Crippen LogP contribution in [0.2, 0.25) is 5.02 Å². The summed E-state index contributed by atoms with van der Waals surface area (Å²) in [4.78, 5) is 29.7. The Hall–Kier alpha value is -3.47. The number of ketones is 1. The summed E-state index contributed by atoms with van der Waals surface area (Å²) in [6.07, 6.45) is 4.97. The van der Waals surface area contributed by atoms with E-state index in [1.165, 1.54) is 17.4 Å². The second kappa shape index (κ2) is 9.35. The Balaban J connectivity index is 1.43. The number of hydrogen-bond acceptors (Lipinski definition) is 6. The molecular weight excluding hydrogens is 446 g/mol. The molecule has 0 fully saturated rings. The first-order valence-electron chi connectivity index (χ1n) is 9.85. The molecule has 3 aromatic rings. The number of pyridine rings is 1. The molecular formula is C24H18ClN3O3S. The number of hydrogen-bond donors (Lipinski definition) is 1. The van der Waals surface area contributed by atoms with Gasteiger partial charge in [0.2, 0.25) is 0 Å². The number of benzene rings is 1. The predicted octanol–water partition coefficient (Wildman–Crippen LogP) is 4.69. The lowest BCUT2D eigenvalue weighted by atomic mass is 10.1. The molecule has 1 N–H and O–H groups in total. The van der Waals surface area contributed by atoms with Crippen LogP contribution in [0.5, 0.6) is 5.75 Å². The maximum Gasteiger partial charge on any atom is 0.262 e. The monoisotopic (exact) mass is 463 g/mol. The van der Waals surface area contributed by atoms with Crippen molar-refractivity contribution in [2.45, 2.75) is 19.4 Å². The average Bonchev–Trinajstić information content (AvgIpc) is 3.44. The maximum atomic E-state index is 12.4. The molecule has 4 rings (SSSR count). The number of thiophene rings is 1. The first-order valence-corrected chi connectivity index (χ1v) is 11.0. The summed E-state index contributed by atoms with van der Waals surface area (Å²) in [5, 5.41) is 12.6. The predicted molar refractivity (Wildman–Crippen MR) is 124 cm³/mol. The number of halogens is 1. The molecule has 0 aliphatic carbocycles. The Morgan fingerprint density at radius 1 is 1.38 bits per heavy atom. The van der Waals surface area contributed by atoms with Crippen LogP contribution in [0.25, 0.3) is 16.5 Å². The lowest BCUT2D eigenvalue weighted by Gasteiger charge is -2.12. The van der Waals surface area contributed by atoms with Crippen LogP contribution in [0.3, 0.4) is 0 Å². The zero-order chi connectivity index (χ0) is 22.7. The second-order valence-electron chi connectivity index (χ2n) is 7.28. The zero-order valence-electron chi connectivity index (χ0n) is 17.1. The Kier molecular flexibility index (Phi) is 6.35. The molecule has 1 aromatic carbocycles. The highest BCUT2D eigenvalue weighted by Crippen LogP contribution is 2.41. The van der Waals surface area contributed by atoms with Gasteiger partial charge in [-0.15, -0.1) is 11.3 Å². The normalized spacial score (nSPS) is 14.9. The van der Waals surface area contributed by atoms with E-state index in [0.717, 1.165) is 16.0 Å². The third-order valence-corrected chi connectivity index (χ3v) is 6.46. The third-order valence-electron chi connectivity index (χ3n) is 4.94. The number of carbonyl (C=O) groups excluding carboxylic acids is 2. The van der Waals surface area contributed by atoms with Gasteiger partial charge in [0.15, 0.2) is 5.78 Å². The van der Waals surface area contributed by atoms with E-state index in [1.807, 2.05) is 30.3 Å². The molecule has 8 heteroatoms. The molecule has 6 nitrogen and oxygen atoms in total. The SMILES string of the molecule is CC(=O)c1ccc(-c2cc(Cl)c3c(c2)CC(CNC(=O)/C(C#N)=C/c2cccnc2)O3)s1. The van der Waals surface area contributed by atoms with Gasteiger partial charge >= 0.3 is 0 Å². The van der Waals surface area contributed by atoms with E-state index < -0.39 is 5.91 Å². The van der Waals surface area contributed by atoms with Crippen LogP contribution in [-0.4, -0.2) is 29.3 Å². The van der Waals surface area contributed by atoms with E-state index in [1.54, 1.807) is 31.5 Å². The van der Waals surface area contributed by atoms with Gasteiger partial charge in [0.1, 0.15) is 23.5 Å². The van der Waals surface area contributed by atoms with Crippen LogP contribution in [-0.2, 0) is 11.2 Å². The van der Waals surface area contributed by atoms with Gasteiger partial charge in [-0.1, -0.05) is 17.7 Å². The minimum atomic E-state index is -0.474. The smallest absolute Gasteiger partial charge is 0.262 e. The van der Waals surface area contributed by atoms with E-state index in [4.69, 9.17) is 16.3 Å². The number of ether oxygens (including phenoxy) is 1. The van der Waals surface area contributed by atoms with Crippen molar-refractivity contribution < 1.29 is 14.3 Å². The summed E-state index contributed by atoms with van der Waals surface area (Å²) in [7, 11) is 0. The van der Waals surface area contributed by atoms with Crippen molar-refractivity contribution in [2.75, 3.05) is 6.54 Å². The highest BCUT2D eigenvalue weighted by atomic mass is 35.5. The molecule has 160 valence electrons. The molecule has 0 bridgehead atoms. The summed E-state index contributed by atoms with van der Waals surface area (Å²) in [5.74, 6) is 0.157. The van der Waals surface area contributed by atoms with E-state index >= 15 is 0 Å². The van der Waals surface area contributed by atoms with Crippen molar-refractivity contribution in [2.24, 2.45) is 0 Å². The van der Waals surface area contributed by atoms with Crippen LogP contribution >= 0.6 is 22.9 Å². The van der Waals surface area contributed by atoms with Crippen LogP contribution in [0.15, 0.2) is 54.4 Å². The van der Waals surface area contributed by atoms with Crippen LogP contribution in [0, 0.1) is 11.3 Å². The summed E-state index contributed by atoms with van der Waals surface area (Å²) in [6.45, 7) is 1.78. The number of aromatic nitrogens is 1. The molecule has 1 atom stereocenters. The number of Topliss-reactive ketones (excluding diaryl/α,β-unsaturated/α-hetero) is 1. The Morgan fingerprint density at radius 3 is 2.91 bits per heavy atom. The molecule has 1 unspecified atom stereocenters. The van der Waals surface area contributed by atoms with Crippen molar-refractivity contribution in [3.05, 3.63) is 75.4 Å². The average molecular weight is 464 g/mol. The number of rotatable bonds is 6. The Labute approximate surface area is 194 Å². The van der Waals surface area contributed by atoms with Crippen molar-refractivity contribution in [3.63, 3.8) is 0 Å². The first kappa shape index (κ1) is 21.8. The molecule has 1 amide bonds. The maximum absolute atomic E-state index is 12.4. The molecule has 0 saturated carbocycles. The molecule has 0 saturated heterocycles. The fourth-order valence-electron chi connectivity index (χ4n) is 3.40. The van der Waals surface area contributed by atoms with Gasteiger partial charge in [-0.3, -0.25) is 14.6 Å². The molecule has 2 aromatic heterocycles. The number of nitrogens with zero attached hydrogens (tertiary/aromatic N) is 2. The topological polar surface area (TPSA) is 92.1 Å². The summed E-state index contributed by atoms with van der Waals surface area (Å²) < 4.78 is 5.94. The molecule has 32 heavy (non-hydrogen) atoms. The molecule has 0 spiro atoms. The van der Waals surface area contributed by atoms with Crippen molar-refractivity contribution in [3.8, 4) is 22.3 Å². The minimum Gasteiger partial charge on any atom is -0.486 e. The summed E-state index contributed by atoms with van der Waals surface area (Å²) >= 11 is 7.87. The van der Waals surface area contributed by atoms with E-state index in [0.29, 0.717) is 27.6 Å². The van der Waals surface area contributed by atoms with Gasteiger partial charge in [0.05, 0.1) is 16.4 Å². The largest absolute Gasteiger partial charge is 0.486 e. The highest BCUT2D eigenvalue weighted by molar-refractivity contribution is 7.17. The standard InChI is InChI=1S/C24H18ClN3O3S/c1-14(29)21-4-5-22(32-21)16-8-17-9-19(31-23(17)20(25)10-16)13-28-24(30)18(11-26)7-15-3-2-6-27-12-15/h2-8,10,12,19H,9,13H2,1H3,(H,28,30)/b18-7+. The summed E-state index contributed by atoms with van der Waals surface area (Å²) in [5.41, 5.74) is 2.53. The zero-order valence-corrected chi connectivity index (χ0v) is 18.7. The van der Waals surface area contributed by atoms with E-state index in [-0.39, 0.29) is 24.0 Å². The van der Waals surface area contributed by atoms with Gasteiger partial charge in [-0.05, 0) is 54.5 Å². The molecule has 3 heterocycles. The number of nitrogens with one attached hydrogen (secondary N) is 1. The van der Waals surface area contributed by atoms with Crippen LogP contribution < -0.4 is 10.1 Å². The molecule has 1 aliphatic rings. The second-order valence-corrected chi connectivity index (χ2v) is 8.77. The lowest BCUT2D eigenvalue weighted by molar-refractivity contribution is -0.117. The molecule has 0 radical (unpaired) electrons. The van der Waals surface area contributed by atoms with Crippen molar-refractivity contribution in [1.82, 2.24) is 10.3 Å². The van der Waals surface area contributed by atoms with Gasteiger partial charge in [0, 0.05) is 29.3 Å². The summed E-state index contributed by atoms with van der Waals surface area (Å²) in [6, 6.07) is 13.0.